The Hall–Kier alpha value is -1.85. The third-order valence-corrected chi connectivity index (χ3v) is 5.01. The first kappa shape index (κ1) is 18.5. The zero-order chi connectivity index (χ0) is 17.4. The molecule has 2 aromatic rings. The number of aliphatic hydroxyl groups is 1. The first-order valence-corrected chi connectivity index (χ1v) is 9.24. The number of hydrogen-bond donors (Lipinski definition) is 3. The molecule has 5 heteroatoms. The van der Waals surface area contributed by atoms with Crippen LogP contribution in [0.1, 0.15) is 29.9 Å². The van der Waals surface area contributed by atoms with Crippen LogP contribution in [0.25, 0.3) is 0 Å². The topological polar surface area (TPSA) is 56.7 Å². The highest BCUT2D eigenvalue weighted by atomic mass is 32.1. The van der Waals surface area contributed by atoms with Gasteiger partial charge in [0.1, 0.15) is 5.60 Å². The lowest BCUT2D eigenvalue weighted by Gasteiger charge is -2.20. The Balaban J connectivity index is 1.92. The first-order chi connectivity index (χ1) is 11.5. The molecule has 0 radical (unpaired) electrons. The van der Waals surface area contributed by atoms with Crippen molar-refractivity contribution in [3.63, 3.8) is 0 Å². The van der Waals surface area contributed by atoms with Crippen molar-refractivity contribution in [1.82, 2.24) is 10.6 Å². The van der Waals surface area contributed by atoms with Crippen LogP contribution in [0.2, 0.25) is 0 Å². The Morgan fingerprint density at radius 3 is 2.67 bits per heavy atom. The molecule has 0 spiro atoms. The van der Waals surface area contributed by atoms with Gasteiger partial charge in [-0.25, -0.2) is 4.99 Å². The van der Waals surface area contributed by atoms with Crippen LogP contribution in [0.15, 0.2) is 46.8 Å². The fourth-order valence-corrected chi connectivity index (χ4v) is 3.22. The van der Waals surface area contributed by atoms with E-state index in [9.17, 15) is 5.11 Å². The molecule has 1 atom stereocenters. The van der Waals surface area contributed by atoms with E-state index in [1.54, 1.807) is 18.3 Å². The van der Waals surface area contributed by atoms with Gasteiger partial charge in [-0.3, -0.25) is 0 Å². The second kappa shape index (κ2) is 8.85. The van der Waals surface area contributed by atoms with Gasteiger partial charge in [0.25, 0.3) is 0 Å². The molecule has 0 aliphatic carbocycles. The monoisotopic (exact) mass is 345 g/mol. The van der Waals surface area contributed by atoms with Gasteiger partial charge in [-0.15, -0.1) is 11.3 Å². The molecule has 24 heavy (non-hydrogen) atoms. The van der Waals surface area contributed by atoms with Gasteiger partial charge in [0, 0.05) is 18.0 Å². The fourth-order valence-electron chi connectivity index (χ4n) is 2.44. The molecule has 1 unspecified atom stereocenters. The maximum Gasteiger partial charge on any atom is 0.191 e. The molecule has 0 fully saturated rings. The highest BCUT2D eigenvalue weighted by Crippen LogP contribution is 2.25. The average molecular weight is 346 g/mol. The van der Waals surface area contributed by atoms with Crippen LogP contribution in [0.5, 0.6) is 0 Å². The highest BCUT2D eigenvalue weighted by molar-refractivity contribution is 7.10. The zero-order valence-electron chi connectivity index (χ0n) is 14.7. The number of benzene rings is 1. The third-order valence-electron chi connectivity index (χ3n) is 3.89. The summed E-state index contributed by atoms with van der Waals surface area (Å²) < 4.78 is 0. The highest BCUT2D eigenvalue weighted by Gasteiger charge is 2.23. The Morgan fingerprint density at radius 1 is 1.21 bits per heavy atom. The molecule has 1 aromatic heterocycles. The lowest BCUT2D eigenvalue weighted by molar-refractivity contribution is 0.0711. The second-order valence-corrected chi connectivity index (χ2v) is 7.00. The molecule has 0 amide bonds. The average Bonchev–Trinajstić information content (AvgIpc) is 3.10. The minimum Gasteiger partial charge on any atom is -0.383 e. The van der Waals surface area contributed by atoms with E-state index in [0.29, 0.717) is 6.54 Å². The van der Waals surface area contributed by atoms with E-state index in [0.717, 1.165) is 30.3 Å². The van der Waals surface area contributed by atoms with Crippen LogP contribution in [0, 0.1) is 6.92 Å². The summed E-state index contributed by atoms with van der Waals surface area (Å²) in [5, 5.41) is 19.1. The number of hydrogen-bond acceptors (Lipinski definition) is 3. The van der Waals surface area contributed by atoms with Gasteiger partial charge in [-0.05, 0) is 49.8 Å². The molecule has 2 rings (SSSR count). The predicted molar refractivity (Wildman–Crippen MR) is 103 cm³/mol. The van der Waals surface area contributed by atoms with Gasteiger partial charge in [0.2, 0.25) is 0 Å². The molecule has 0 bridgehead atoms. The Kier molecular flexibility index (Phi) is 6.82. The van der Waals surface area contributed by atoms with Gasteiger partial charge in [0.05, 0.1) is 6.54 Å². The number of guanidine groups is 1. The maximum atomic E-state index is 10.6. The quantitative estimate of drug-likeness (QED) is 0.534. The lowest BCUT2D eigenvalue weighted by Crippen LogP contribution is -2.39. The van der Waals surface area contributed by atoms with Crippen LogP contribution >= 0.6 is 11.3 Å². The first-order valence-electron chi connectivity index (χ1n) is 8.36. The van der Waals surface area contributed by atoms with E-state index in [2.05, 4.69) is 46.8 Å². The largest absolute Gasteiger partial charge is 0.383 e. The van der Waals surface area contributed by atoms with E-state index < -0.39 is 5.60 Å². The summed E-state index contributed by atoms with van der Waals surface area (Å²) in [6.07, 6.45) is 0.943. The van der Waals surface area contributed by atoms with Crippen molar-refractivity contribution in [2.45, 2.75) is 32.8 Å². The second-order valence-electron chi connectivity index (χ2n) is 6.05. The fraction of sp³-hybridized carbons (Fsp3) is 0.421. The van der Waals surface area contributed by atoms with Gasteiger partial charge < -0.3 is 15.7 Å². The molecule has 0 saturated heterocycles. The predicted octanol–water partition coefficient (Wildman–Crippen LogP) is 3.06. The number of rotatable bonds is 7. The van der Waals surface area contributed by atoms with Gasteiger partial charge in [-0.2, -0.15) is 0 Å². The molecular weight excluding hydrogens is 318 g/mol. The summed E-state index contributed by atoms with van der Waals surface area (Å²) >= 11 is 1.55. The Morgan fingerprint density at radius 2 is 2.00 bits per heavy atom. The molecule has 4 nitrogen and oxygen atoms in total. The van der Waals surface area contributed by atoms with Crippen LogP contribution in [-0.4, -0.2) is 30.7 Å². The summed E-state index contributed by atoms with van der Waals surface area (Å²) in [6.45, 7) is 7.89. The molecule has 0 saturated carbocycles. The summed E-state index contributed by atoms with van der Waals surface area (Å²) in [5.74, 6) is 0.739. The van der Waals surface area contributed by atoms with E-state index in [1.165, 1.54) is 11.1 Å². The van der Waals surface area contributed by atoms with Gasteiger partial charge >= 0.3 is 0 Å². The van der Waals surface area contributed by atoms with Crippen molar-refractivity contribution in [3.8, 4) is 0 Å². The SMILES string of the molecule is CCNC(=NCC(C)(O)c1cccs1)NCCc1ccccc1C. The summed E-state index contributed by atoms with van der Waals surface area (Å²) in [4.78, 5) is 5.48. The number of nitrogens with zero attached hydrogens (tertiary/aromatic N) is 1. The van der Waals surface area contributed by atoms with Crippen molar-refractivity contribution in [3.05, 3.63) is 57.8 Å². The van der Waals surface area contributed by atoms with Crippen molar-refractivity contribution in [1.29, 1.82) is 0 Å². The molecular formula is C19H27N3OS. The summed E-state index contributed by atoms with van der Waals surface area (Å²) in [7, 11) is 0. The van der Waals surface area contributed by atoms with E-state index in [-0.39, 0.29) is 0 Å². The number of aliphatic imine (C=N–C) groups is 1. The molecule has 0 aliphatic heterocycles. The Bertz CT molecular complexity index is 650. The molecule has 0 aliphatic rings. The Labute approximate surface area is 148 Å². The third kappa shape index (κ3) is 5.35. The van der Waals surface area contributed by atoms with Crippen LogP contribution in [-0.2, 0) is 12.0 Å². The van der Waals surface area contributed by atoms with Crippen molar-refractivity contribution >= 4 is 17.3 Å². The van der Waals surface area contributed by atoms with Crippen LogP contribution < -0.4 is 10.6 Å². The minimum atomic E-state index is -0.938. The molecule has 1 heterocycles. The van der Waals surface area contributed by atoms with E-state index in [1.807, 2.05) is 24.4 Å². The van der Waals surface area contributed by atoms with Crippen LogP contribution in [0.4, 0.5) is 0 Å². The van der Waals surface area contributed by atoms with Gasteiger partial charge in [0.15, 0.2) is 5.96 Å². The molecule has 130 valence electrons. The van der Waals surface area contributed by atoms with Crippen LogP contribution in [0.3, 0.4) is 0 Å². The molecule has 3 N–H and O–H groups in total. The number of thiophene rings is 1. The normalized spacial score (nSPS) is 14.2. The summed E-state index contributed by atoms with van der Waals surface area (Å²) in [5.41, 5.74) is 1.71. The van der Waals surface area contributed by atoms with Crippen molar-refractivity contribution < 1.29 is 5.11 Å². The summed E-state index contributed by atoms with van der Waals surface area (Å²) in [6, 6.07) is 12.3. The molecule has 1 aromatic carbocycles. The van der Waals surface area contributed by atoms with Crippen molar-refractivity contribution in [2.75, 3.05) is 19.6 Å². The number of aryl methyl sites for hydroxylation is 1. The zero-order valence-corrected chi connectivity index (χ0v) is 15.5. The minimum absolute atomic E-state index is 0.327. The smallest absolute Gasteiger partial charge is 0.191 e. The van der Waals surface area contributed by atoms with E-state index >= 15 is 0 Å². The van der Waals surface area contributed by atoms with E-state index in [4.69, 9.17) is 0 Å². The maximum absolute atomic E-state index is 10.6. The standard InChI is InChI=1S/C19H27N3OS/c1-4-20-18(21-12-11-16-9-6-5-8-15(16)2)22-14-19(3,23)17-10-7-13-24-17/h5-10,13,23H,4,11-12,14H2,1-3H3,(H2,20,21,22). The van der Waals surface area contributed by atoms with Gasteiger partial charge in [-0.1, -0.05) is 30.3 Å². The van der Waals surface area contributed by atoms with Crippen molar-refractivity contribution in [2.24, 2.45) is 4.99 Å². The number of nitrogens with one attached hydrogen (secondary N) is 2. The lowest BCUT2D eigenvalue weighted by atomic mass is 10.1.